The van der Waals surface area contributed by atoms with Gasteiger partial charge in [-0.15, -0.1) is 24.8 Å². The van der Waals surface area contributed by atoms with Crippen LogP contribution in [0.2, 0.25) is 0 Å². The van der Waals surface area contributed by atoms with Crippen molar-refractivity contribution in [1.82, 2.24) is 0 Å². The van der Waals surface area contributed by atoms with Crippen molar-refractivity contribution < 1.29 is 0 Å². The van der Waals surface area contributed by atoms with Crippen molar-refractivity contribution in [3.05, 3.63) is 91.0 Å². The van der Waals surface area contributed by atoms with Crippen LogP contribution in [0, 0.1) is 11.3 Å². The maximum Gasteiger partial charge on any atom is 0.113 e. The molecule has 0 spiro atoms. The molecule has 0 bridgehead atoms. The lowest BCUT2D eigenvalue weighted by molar-refractivity contribution is 1.23. The molecule has 0 N–H and O–H groups in total. The van der Waals surface area contributed by atoms with E-state index in [4.69, 9.17) is 0 Å². The van der Waals surface area contributed by atoms with Crippen LogP contribution in [0.3, 0.4) is 0 Å². The quantitative estimate of drug-likeness (QED) is 0.579. The highest BCUT2D eigenvalue weighted by Crippen LogP contribution is 2.55. The lowest BCUT2D eigenvalue weighted by atomic mass is 10.4. The summed E-state index contributed by atoms with van der Waals surface area (Å²) in [5.74, 6) is 0. The number of hydrogen-bond donors (Lipinski definition) is 0. The van der Waals surface area contributed by atoms with Crippen molar-refractivity contribution in [2.75, 3.05) is 6.16 Å². The Kier molecular flexibility index (Phi) is 8.67. The van der Waals surface area contributed by atoms with E-state index in [0.29, 0.717) is 6.42 Å². The molecule has 0 radical (unpaired) electrons. The second-order valence-corrected chi connectivity index (χ2v) is 9.06. The largest absolute Gasteiger partial charge is 0.198 e. The van der Waals surface area contributed by atoms with Crippen LogP contribution in [-0.2, 0) is 0 Å². The predicted molar refractivity (Wildman–Crippen MR) is 115 cm³/mol. The SMILES string of the molecule is Cl.Cl.N#CCC[P+](c1ccccc1)(c1ccccc1)c1ccccc1. The summed E-state index contributed by atoms with van der Waals surface area (Å²) in [6.07, 6.45) is 1.44. The van der Waals surface area contributed by atoms with Crippen LogP contribution in [0.5, 0.6) is 0 Å². The first-order valence-electron chi connectivity index (χ1n) is 7.80. The highest BCUT2D eigenvalue weighted by Gasteiger charge is 2.44. The molecular weight excluding hydrogens is 368 g/mol. The average Bonchev–Trinajstić information content (AvgIpc) is 2.65. The van der Waals surface area contributed by atoms with E-state index in [-0.39, 0.29) is 24.8 Å². The van der Waals surface area contributed by atoms with E-state index >= 15 is 0 Å². The van der Waals surface area contributed by atoms with Crippen molar-refractivity contribution in [3.8, 4) is 6.07 Å². The van der Waals surface area contributed by atoms with Gasteiger partial charge in [-0.05, 0) is 36.4 Å². The zero-order valence-electron chi connectivity index (χ0n) is 13.8. The molecule has 3 rings (SSSR count). The fraction of sp³-hybridized carbons (Fsp3) is 0.0952. The molecule has 0 atom stereocenters. The standard InChI is InChI=1S/C21H19NP.2ClH/c22-17-10-18-23(19-11-4-1-5-12-19,20-13-6-2-7-14-20)21-15-8-3-9-16-21;;/h1-9,11-16H,10,18H2;2*1H/q+1;;. The Morgan fingerprint density at radius 1 is 0.600 bits per heavy atom. The van der Waals surface area contributed by atoms with E-state index in [1.54, 1.807) is 0 Å². The summed E-state index contributed by atoms with van der Waals surface area (Å²) in [5.41, 5.74) is 0. The normalized spacial score (nSPS) is 10.0. The molecule has 0 amide bonds. The molecule has 3 aromatic carbocycles. The van der Waals surface area contributed by atoms with Gasteiger partial charge < -0.3 is 0 Å². The van der Waals surface area contributed by atoms with Crippen molar-refractivity contribution in [2.45, 2.75) is 6.42 Å². The number of rotatable bonds is 5. The summed E-state index contributed by atoms with van der Waals surface area (Å²) in [5, 5.41) is 13.3. The van der Waals surface area contributed by atoms with E-state index in [9.17, 15) is 5.26 Å². The van der Waals surface area contributed by atoms with Crippen molar-refractivity contribution in [2.24, 2.45) is 0 Å². The maximum absolute atomic E-state index is 9.24. The van der Waals surface area contributed by atoms with Crippen LogP contribution in [0.4, 0.5) is 0 Å². The topological polar surface area (TPSA) is 23.8 Å². The van der Waals surface area contributed by atoms with E-state index in [0.717, 1.165) is 6.16 Å². The van der Waals surface area contributed by atoms with E-state index < -0.39 is 7.26 Å². The minimum Gasteiger partial charge on any atom is -0.198 e. The average molecular weight is 389 g/mol. The lowest BCUT2D eigenvalue weighted by Gasteiger charge is -2.26. The number of hydrogen-bond acceptors (Lipinski definition) is 1. The zero-order valence-corrected chi connectivity index (χ0v) is 16.3. The molecule has 0 saturated carbocycles. The first kappa shape index (κ1) is 21.2. The van der Waals surface area contributed by atoms with Crippen molar-refractivity contribution in [3.63, 3.8) is 0 Å². The molecule has 0 fully saturated rings. The molecule has 3 aromatic rings. The van der Waals surface area contributed by atoms with Gasteiger partial charge in [-0.2, -0.15) is 5.26 Å². The summed E-state index contributed by atoms with van der Waals surface area (Å²) in [6, 6.07) is 34.4. The first-order valence-corrected chi connectivity index (χ1v) is 9.77. The molecule has 0 unspecified atom stereocenters. The highest BCUT2D eigenvalue weighted by atomic mass is 35.5. The number of nitrogens with zero attached hydrogens (tertiary/aromatic N) is 1. The van der Waals surface area contributed by atoms with Crippen LogP contribution in [-0.4, -0.2) is 6.16 Å². The third-order valence-electron chi connectivity index (χ3n) is 4.15. The lowest BCUT2D eigenvalue weighted by Crippen LogP contribution is -2.33. The van der Waals surface area contributed by atoms with Gasteiger partial charge in [0.25, 0.3) is 0 Å². The summed E-state index contributed by atoms with van der Waals surface area (Å²) in [6.45, 7) is 0. The Morgan fingerprint density at radius 2 is 0.920 bits per heavy atom. The van der Waals surface area contributed by atoms with Gasteiger partial charge in [0.2, 0.25) is 0 Å². The van der Waals surface area contributed by atoms with Gasteiger partial charge in [0.05, 0.1) is 18.7 Å². The molecule has 128 valence electrons. The van der Waals surface area contributed by atoms with E-state index in [2.05, 4.69) is 97.1 Å². The Balaban J connectivity index is 0.00000156. The maximum atomic E-state index is 9.24. The molecule has 0 aliphatic heterocycles. The molecule has 0 heterocycles. The summed E-state index contributed by atoms with van der Waals surface area (Å²) in [4.78, 5) is 0. The fourth-order valence-electron chi connectivity index (χ4n) is 3.10. The van der Waals surface area contributed by atoms with Gasteiger partial charge in [0.1, 0.15) is 23.2 Å². The Bertz CT molecular complexity index is 690. The van der Waals surface area contributed by atoms with Gasteiger partial charge in [-0.25, -0.2) is 0 Å². The molecular formula is C21H21Cl2NP+. The molecule has 0 aliphatic carbocycles. The second-order valence-electron chi connectivity index (χ2n) is 5.45. The van der Waals surface area contributed by atoms with Crippen LogP contribution < -0.4 is 15.9 Å². The van der Waals surface area contributed by atoms with Gasteiger partial charge in [-0.1, -0.05) is 54.6 Å². The van der Waals surface area contributed by atoms with E-state index in [1.807, 2.05) is 0 Å². The van der Waals surface area contributed by atoms with Gasteiger partial charge >= 0.3 is 0 Å². The third kappa shape index (κ3) is 4.42. The number of benzene rings is 3. The summed E-state index contributed by atoms with van der Waals surface area (Å²) in [7, 11) is -1.79. The van der Waals surface area contributed by atoms with Crippen LogP contribution in [0.25, 0.3) is 0 Å². The minimum absolute atomic E-state index is 0. The number of halogens is 2. The van der Waals surface area contributed by atoms with Gasteiger partial charge in [-0.3, -0.25) is 0 Å². The molecule has 0 saturated heterocycles. The monoisotopic (exact) mass is 388 g/mol. The van der Waals surface area contributed by atoms with Crippen LogP contribution >= 0.6 is 32.1 Å². The van der Waals surface area contributed by atoms with Crippen molar-refractivity contribution in [1.29, 1.82) is 5.26 Å². The Labute approximate surface area is 162 Å². The third-order valence-corrected chi connectivity index (χ3v) is 8.58. The van der Waals surface area contributed by atoms with Gasteiger partial charge in [0, 0.05) is 0 Å². The summed E-state index contributed by atoms with van der Waals surface area (Å²) < 4.78 is 0. The fourth-order valence-corrected chi connectivity index (χ4v) is 7.25. The smallest absolute Gasteiger partial charge is 0.113 e. The van der Waals surface area contributed by atoms with Crippen LogP contribution in [0.1, 0.15) is 6.42 Å². The van der Waals surface area contributed by atoms with E-state index in [1.165, 1.54) is 15.9 Å². The Hall–Kier alpha value is -1.84. The molecule has 25 heavy (non-hydrogen) atoms. The number of nitriles is 1. The van der Waals surface area contributed by atoms with Crippen LogP contribution in [0.15, 0.2) is 91.0 Å². The highest BCUT2D eigenvalue weighted by molar-refractivity contribution is 7.95. The Morgan fingerprint density at radius 3 is 1.20 bits per heavy atom. The van der Waals surface area contributed by atoms with Crippen molar-refractivity contribution >= 4 is 48.0 Å². The summed E-state index contributed by atoms with van der Waals surface area (Å²) >= 11 is 0. The molecule has 4 heteroatoms. The molecule has 0 aliphatic rings. The second kappa shape index (κ2) is 10.2. The predicted octanol–water partition coefficient (Wildman–Crippen LogP) is 4.74. The first-order chi connectivity index (χ1) is 11.4. The zero-order chi connectivity index (χ0) is 16.0. The minimum atomic E-state index is -1.79. The molecule has 1 nitrogen and oxygen atoms in total. The van der Waals surface area contributed by atoms with Gasteiger partial charge in [0.15, 0.2) is 0 Å². The molecule has 0 aromatic heterocycles.